The van der Waals surface area contributed by atoms with Crippen molar-refractivity contribution >= 4 is 27.0 Å². The SMILES string of the molecule is N#Cc1cc(-c2nc3ccccc3o2)ccc1CBr. The van der Waals surface area contributed by atoms with Gasteiger partial charge in [-0.25, -0.2) is 4.98 Å². The third kappa shape index (κ3) is 2.13. The first-order valence-electron chi connectivity index (χ1n) is 5.77. The summed E-state index contributed by atoms with van der Waals surface area (Å²) in [4.78, 5) is 4.43. The number of nitrogens with zero attached hydrogens (tertiary/aromatic N) is 2. The molecule has 0 fully saturated rings. The number of halogens is 1. The molecule has 0 aliphatic heterocycles. The lowest BCUT2D eigenvalue weighted by Crippen LogP contribution is -1.87. The van der Waals surface area contributed by atoms with Crippen LogP contribution < -0.4 is 0 Å². The van der Waals surface area contributed by atoms with E-state index in [1.807, 2.05) is 36.4 Å². The minimum atomic E-state index is 0.541. The molecule has 3 rings (SSSR count). The van der Waals surface area contributed by atoms with Crippen LogP contribution in [0, 0.1) is 11.3 Å². The number of alkyl halides is 1. The summed E-state index contributed by atoms with van der Waals surface area (Å²) in [5.41, 5.74) is 3.98. The van der Waals surface area contributed by atoms with Gasteiger partial charge in [-0.05, 0) is 29.8 Å². The molecule has 0 spiro atoms. The highest BCUT2D eigenvalue weighted by Gasteiger charge is 2.10. The highest BCUT2D eigenvalue weighted by atomic mass is 79.9. The van der Waals surface area contributed by atoms with Crippen LogP contribution in [0.3, 0.4) is 0 Å². The molecule has 0 saturated carbocycles. The second kappa shape index (κ2) is 4.87. The zero-order chi connectivity index (χ0) is 13.2. The highest BCUT2D eigenvalue weighted by molar-refractivity contribution is 9.08. The predicted molar refractivity (Wildman–Crippen MR) is 76.8 cm³/mol. The van der Waals surface area contributed by atoms with E-state index < -0.39 is 0 Å². The molecule has 0 radical (unpaired) electrons. The molecular formula is C15H9BrN2O. The van der Waals surface area contributed by atoms with Gasteiger partial charge < -0.3 is 4.42 Å². The lowest BCUT2D eigenvalue weighted by atomic mass is 10.1. The van der Waals surface area contributed by atoms with Gasteiger partial charge in [0.25, 0.3) is 0 Å². The van der Waals surface area contributed by atoms with Gasteiger partial charge in [0.15, 0.2) is 5.58 Å². The van der Waals surface area contributed by atoms with Crippen LogP contribution in [0.1, 0.15) is 11.1 Å². The Morgan fingerprint density at radius 3 is 2.79 bits per heavy atom. The van der Waals surface area contributed by atoms with E-state index >= 15 is 0 Å². The quantitative estimate of drug-likeness (QED) is 0.664. The second-order valence-corrected chi connectivity index (χ2v) is 4.66. The van der Waals surface area contributed by atoms with E-state index in [2.05, 4.69) is 27.0 Å². The molecule has 0 saturated heterocycles. The van der Waals surface area contributed by atoms with Crippen molar-refractivity contribution in [1.82, 2.24) is 4.98 Å². The van der Waals surface area contributed by atoms with Crippen molar-refractivity contribution in [3.8, 4) is 17.5 Å². The summed E-state index contributed by atoms with van der Waals surface area (Å²) in [6, 6.07) is 15.4. The maximum absolute atomic E-state index is 9.14. The number of nitriles is 1. The smallest absolute Gasteiger partial charge is 0.227 e. The van der Waals surface area contributed by atoms with Crippen molar-refractivity contribution in [2.45, 2.75) is 5.33 Å². The second-order valence-electron chi connectivity index (χ2n) is 4.10. The molecule has 2 aromatic carbocycles. The first kappa shape index (κ1) is 11.9. The molecule has 19 heavy (non-hydrogen) atoms. The summed E-state index contributed by atoms with van der Waals surface area (Å²) in [6.45, 7) is 0. The van der Waals surface area contributed by atoms with Gasteiger partial charge in [0.1, 0.15) is 5.52 Å². The average molecular weight is 313 g/mol. The van der Waals surface area contributed by atoms with Crippen molar-refractivity contribution in [2.75, 3.05) is 0 Å². The Labute approximate surface area is 118 Å². The van der Waals surface area contributed by atoms with Crippen LogP contribution in [0.5, 0.6) is 0 Å². The standard InChI is InChI=1S/C15H9BrN2O/c16-8-11-6-5-10(7-12(11)9-17)15-18-13-3-1-2-4-14(13)19-15/h1-7H,8H2. The lowest BCUT2D eigenvalue weighted by molar-refractivity contribution is 0.620. The topological polar surface area (TPSA) is 49.8 Å². The van der Waals surface area contributed by atoms with Crippen molar-refractivity contribution < 1.29 is 4.42 Å². The van der Waals surface area contributed by atoms with Gasteiger partial charge in [0, 0.05) is 10.9 Å². The Bertz CT molecular complexity index is 753. The minimum absolute atomic E-state index is 0.541. The van der Waals surface area contributed by atoms with E-state index in [-0.39, 0.29) is 0 Å². The van der Waals surface area contributed by atoms with Gasteiger partial charge >= 0.3 is 0 Å². The highest BCUT2D eigenvalue weighted by Crippen LogP contribution is 2.26. The van der Waals surface area contributed by atoms with Gasteiger partial charge in [0.05, 0.1) is 11.6 Å². The maximum Gasteiger partial charge on any atom is 0.227 e. The van der Waals surface area contributed by atoms with Gasteiger partial charge in [0.2, 0.25) is 5.89 Å². The number of oxazole rings is 1. The summed E-state index contributed by atoms with van der Waals surface area (Å²) < 4.78 is 5.69. The fourth-order valence-electron chi connectivity index (χ4n) is 1.93. The van der Waals surface area contributed by atoms with E-state index in [9.17, 15) is 0 Å². The number of aromatic nitrogens is 1. The van der Waals surface area contributed by atoms with Crippen LogP contribution >= 0.6 is 15.9 Å². The Morgan fingerprint density at radius 2 is 2.05 bits per heavy atom. The van der Waals surface area contributed by atoms with Gasteiger partial charge in [-0.15, -0.1) is 0 Å². The summed E-state index contributed by atoms with van der Waals surface area (Å²) in [5, 5.41) is 9.80. The zero-order valence-electron chi connectivity index (χ0n) is 9.93. The van der Waals surface area contributed by atoms with Crippen molar-refractivity contribution in [3.63, 3.8) is 0 Å². The fraction of sp³-hybridized carbons (Fsp3) is 0.0667. The number of hydrogen-bond donors (Lipinski definition) is 0. The number of fused-ring (bicyclic) bond motifs is 1. The van der Waals surface area contributed by atoms with Crippen LogP contribution in [0.4, 0.5) is 0 Å². The first-order chi connectivity index (χ1) is 9.31. The predicted octanol–water partition coefficient (Wildman–Crippen LogP) is 4.26. The molecule has 3 nitrogen and oxygen atoms in total. The third-order valence-electron chi connectivity index (χ3n) is 2.92. The lowest BCUT2D eigenvalue weighted by Gasteiger charge is -2.01. The Morgan fingerprint density at radius 1 is 1.21 bits per heavy atom. The summed E-state index contributed by atoms with van der Waals surface area (Å²) in [6.07, 6.45) is 0. The molecular weight excluding hydrogens is 304 g/mol. The van der Waals surface area contributed by atoms with Crippen molar-refractivity contribution in [2.24, 2.45) is 0 Å². The van der Waals surface area contributed by atoms with Crippen LogP contribution in [0.2, 0.25) is 0 Å². The maximum atomic E-state index is 9.14. The monoisotopic (exact) mass is 312 g/mol. The molecule has 92 valence electrons. The number of hydrogen-bond acceptors (Lipinski definition) is 3. The molecule has 0 atom stereocenters. The Kier molecular flexibility index (Phi) is 3.06. The van der Waals surface area contributed by atoms with Gasteiger partial charge in [-0.1, -0.05) is 34.1 Å². The molecule has 0 aliphatic rings. The molecule has 1 heterocycles. The summed E-state index contributed by atoms with van der Waals surface area (Å²) >= 11 is 3.37. The molecule has 0 N–H and O–H groups in total. The van der Waals surface area contributed by atoms with Gasteiger partial charge in [-0.3, -0.25) is 0 Å². The molecule has 0 amide bonds. The molecule has 0 aliphatic carbocycles. The van der Waals surface area contributed by atoms with Crippen LogP contribution in [-0.2, 0) is 5.33 Å². The minimum Gasteiger partial charge on any atom is -0.436 e. The number of rotatable bonds is 2. The largest absolute Gasteiger partial charge is 0.436 e. The molecule has 1 aromatic heterocycles. The third-order valence-corrected chi connectivity index (χ3v) is 3.52. The van der Waals surface area contributed by atoms with E-state index in [0.717, 1.165) is 22.2 Å². The van der Waals surface area contributed by atoms with Crippen molar-refractivity contribution in [3.05, 3.63) is 53.6 Å². The molecule has 3 aromatic rings. The normalized spacial score (nSPS) is 10.5. The summed E-state index contributed by atoms with van der Waals surface area (Å²) in [5.74, 6) is 0.541. The van der Waals surface area contributed by atoms with Crippen LogP contribution in [-0.4, -0.2) is 4.98 Å². The molecule has 0 unspecified atom stereocenters. The summed E-state index contributed by atoms with van der Waals surface area (Å²) in [7, 11) is 0. The van der Waals surface area contributed by atoms with Crippen molar-refractivity contribution in [1.29, 1.82) is 5.26 Å². The molecule has 4 heteroatoms. The molecule has 0 bridgehead atoms. The average Bonchev–Trinajstić information content (AvgIpc) is 2.90. The van der Waals surface area contributed by atoms with E-state index in [4.69, 9.17) is 9.68 Å². The van der Waals surface area contributed by atoms with Gasteiger partial charge in [-0.2, -0.15) is 5.26 Å². The van der Waals surface area contributed by atoms with Crippen LogP contribution in [0.15, 0.2) is 46.9 Å². The van der Waals surface area contributed by atoms with E-state index in [1.54, 1.807) is 6.07 Å². The van der Waals surface area contributed by atoms with E-state index in [0.29, 0.717) is 16.8 Å². The fourth-order valence-corrected chi connectivity index (χ4v) is 2.41. The van der Waals surface area contributed by atoms with Crippen LogP contribution in [0.25, 0.3) is 22.6 Å². The number of para-hydroxylation sites is 2. The number of benzene rings is 2. The first-order valence-corrected chi connectivity index (χ1v) is 6.89. The Hall–Kier alpha value is -2.12. The Balaban J connectivity index is 2.14. The van der Waals surface area contributed by atoms with E-state index in [1.165, 1.54) is 0 Å². The zero-order valence-corrected chi connectivity index (χ0v) is 11.5.